The van der Waals surface area contributed by atoms with Crippen molar-refractivity contribution in [3.63, 3.8) is 0 Å². The van der Waals surface area contributed by atoms with E-state index in [0.29, 0.717) is 16.9 Å². The Hall–Kier alpha value is -3.59. The van der Waals surface area contributed by atoms with E-state index in [4.69, 9.17) is 14.9 Å². The third kappa shape index (κ3) is 2.03. The summed E-state index contributed by atoms with van der Waals surface area (Å²) in [6, 6.07) is 12.3. The first-order chi connectivity index (χ1) is 11.7. The largest absolute Gasteiger partial charge is 0.440 e. The van der Waals surface area contributed by atoms with E-state index >= 15 is 0 Å². The molecule has 0 saturated heterocycles. The Morgan fingerprint density at radius 3 is 2.79 bits per heavy atom. The second-order valence-electron chi connectivity index (χ2n) is 5.36. The Bertz CT molecular complexity index is 1080. The number of rotatable bonds is 1. The summed E-state index contributed by atoms with van der Waals surface area (Å²) in [5.41, 5.74) is 7.47. The van der Waals surface area contributed by atoms with Crippen molar-refractivity contribution in [1.82, 2.24) is 4.98 Å². The molecule has 0 radical (unpaired) electrons. The Balaban J connectivity index is 2.11. The Kier molecular flexibility index (Phi) is 3.07. The van der Waals surface area contributed by atoms with E-state index in [2.05, 4.69) is 11.1 Å². The molecule has 1 aromatic carbocycles. The molecule has 6 nitrogen and oxygen atoms in total. The number of hydrogen-bond acceptors (Lipinski definition) is 6. The van der Waals surface area contributed by atoms with Crippen molar-refractivity contribution in [3.8, 4) is 11.8 Å². The van der Waals surface area contributed by atoms with Crippen LogP contribution >= 0.6 is 0 Å². The van der Waals surface area contributed by atoms with Crippen molar-refractivity contribution in [2.24, 2.45) is 5.73 Å². The number of nitrogens with two attached hydrogens (primary N) is 1. The minimum absolute atomic E-state index is 0.0384. The second-order valence-corrected chi connectivity index (χ2v) is 5.36. The molecule has 0 aliphatic carbocycles. The lowest BCUT2D eigenvalue weighted by molar-refractivity contribution is 0.392. The summed E-state index contributed by atoms with van der Waals surface area (Å²) in [7, 11) is 0. The first kappa shape index (κ1) is 14.0. The molecule has 2 aromatic heterocycles. The van der Waals surface area contributed by atoms with Gasteiger partial charge in [0.2, 0.25) is 5.88 Å². The maximum absolute atomic E-state index is 11.7. The summed E-state index contributed by atoms with van der Waals surface area (Å²) in [5, 5.41) is 10.3. The lowest BCUT2D eigenvalue weighted by Crippen LogP contribution is -2.21. The van der Waals surface area contributed by atoms with Crippen molar-refractivity contribution in [1.29, 1.82) is 5.26 Å². The molecule has 0 unspecified atom stereocenters. The highest BCUT2D eigenvalue weighted by molar-refractivity contribution is 5.84. The lowest BCUT2D eigenvalue weighted by atomic mass is 9.83. The maximum atomic E-state index is 11.7. The quantitative estimate of drug-likeness (QED) is 0.691. The van der Waals surface area contributed by atoms with Gasteiger partial charge in [-0.05, 0) is 29.8 Å². The predicted octanol–water partition coefficient (Wildman–Crippen LogP) is 2.41. The van der Waals surface area contributed by atoms with Crippen LogP contribution in [-0.2, 0) is 0 Å². The molecule has 0 amide bonds. The van der Waals surface area contributed by atoms with Crippen molar-refractivity contribution >= 4 is 11.0 Å². The molecule has 0 spiro atoms. The minimum Gasteiger partial charge on any atom is -0.440 e. The molecular formula is C18H11N3O3. The average molecular weight is 317 g/mol. The van der Waals surface area contributed by atoms with E-state index in [1.54, 1.807) is 36.7 Å². The van der Waals surface area contributed by atoms with Gasteiger partial charge in [-0.3, -0.25) is 4.98 Å². The molecule has 116 valence electrons. The fourth-order valence-corrected chi connectivity index (χ4v) is 2.96. The Morgan fingerprint density at radius 1 is 1.21 bits per heavy atom. The number of aromatic nitrogens is 1. The molecule has 2 N–H and O–H groups in total. The van der Waals surface area contributed by atoms with E-state index in [-0.39, 0.29) is 11.5 Å². The first-order valence-corrected chi connectivity index (χ1v) is 7.23. The summed E-state index contributed by atoms with van der Waals surface area (Å²) in [5.74, 6) is -0.0135. The Morgan fingerprint density at radius 2 is 2.04 bits per heavy atom. The van der Waals surface area contributed by atoms with Crippen LogP contribution in [-0.4, -0.2) is 4.98 Å². The maximum Gasteiger partial charge on any atom is 0.336 e. The smallest absolute Gasteiger partial charge is 0.336 e. The van der Waals surface area contributed by atoms with Crippen LogP contribution in [0.25, 0.3) is 11.0 Å². The average Bonchev–Trinajstić information content (AvgIpc) is 2.61. The monoisotopic (exact) mass is 317 g/mol. The molecule has 0 saturated carbocycles. The summed E-state index contributed by atoms with van der Waals surface area (Å²) >= 11 is 0. The molecular weight excluding hydrogens is 306 g/mol. The second kappa shape index (κ2) is 5.25. The van der Waals surface area contributed by atoms with E-state index < -0.39 is 11.5 Å². The van der Waals surface area contributed by atoms with Gasteiger partial charge in [0.1, 0.15) is 23.0 Å². The van der Waals surface area contributed by atoms with Crippen LogP contribution in [0.4, 0.5) is 0 Å². The van der Waals surface area contributed by atoms with Crippen LogP contribution in [0, 0.1) is 11.3 Å². The topological polar surface area (TPSA) is 102 Å². The fourth-order valence-electron chi connectivity index (χ4n) is 2.96. The summed E-state index contributed by atoms with van der Waals surface area (Å²) < 4.78 is 11.0. The zero-order chi connectivity index (χ0) is 16.7. The van der Waals surface area contributed by atoms with Crippen LogP contribution in [0.1, 0.15) is 17.0 Å². The number of pyridine rings is 1. The van der Waals surface area contributed by atoms with Gasteiger partial charge in [-0.2, -0.15) is 5.26 Å². The summed E-state index contributed by atoms with van der Waals surface area (Å²) in [4.78, 5) is 15.8. The standard InChI is InChI=1S/C18H11N3O3/c19-8-12-15(11-2-1-7-21-9-11)16-13(23-18(12)20)5-3-10-4-6-14(22)24-17(10)16/h1-7,9,15H,20H2/t15-/m0/s1. The van der Waals surface area contributed by atoms with Crippen molar-refractivity contribution in [2.75, 3.05) is 0 Å². The highest BCUT2D eigenvalue weighted by atomic mass is 16.5. The van der Waals surface area contributed by atoms with Crippen LogP contribution in [0.2, 0.25) is 0 Å². The zero-order valence-corrected chi connectivity index (χ0v) is 12.4. The molecule has 24 heavy (non-hydrogen) atoms. The van der Waals surface area contributed by atoms with E-state index in [0.717, 1.165) is 10.9 Å². The number of allylic oxidation sites excluding steroid dienone is 1. The SMILES string of the molecule is N#CC1=C(N)Oc2ccc3ccc(=O)oc3c2[C@H]1c1cccnc1. The minimum atomic E-state index is -0.512. The van der Waals surface area contributed by atoms with Crippen molar-refractivity contribution < 1.29 is 9.15 Å². The van der Waals surface area contributed by atoms with E-state index in [1.807, 2.05) is 6.07 Å². The first-order valence-electron chi connectivity index (χ1n) is 7.23. The van der Waals surface area contributed by atoms with Gasteiger partial charge in [0.15, 0.2) is 0 Å². The van der Waals surface area contributed by atoms with Gasteiger partial charge in [0, 0.05) is 23.8 Å². The van der Waals surface area contributed by atoms with E-state index in [1.165, 1.54) is 6.07 Å². The van der Waals surface area contributed by atoms with Gasteiger partial charge >= 0.3 is 5.63 Å². The number of hydrogen-bond donors (Lipinski definition) is 1. The molecule has 0 fully saturated rings. The number of nitrogens with zero attached hydrogens (tertiary/aromatic N) is 2. The Labute approximate surface area is 136 Å². The molecule has 4 rings (SSSR count). The summed E-state index contributed by atoms with van der Waals surface area (Å²) in [6.07, 6.45) is 3.30. The number of benzene rings is 1. The van der Waals surface area contributed by atoms with Gasteiger partial charge in [0.25, 0.3) is 0 Å². The number of ether oxygens (including phenoxy) is 1. The normalized spacial score (nSPS) is 16.4. The molecule has 3 heterocycles. The number of fused-ring (bicyclic) bond motifs is 3. The third-order valence-electron chi connectivity index (χ3n) is 3.99. The van der Waals surface area contributed by atoms with E-state index in [9.17, 15) is 10.1 Å². The molecule has 1 atom stereocenters. The molecule has 1 aliphatic rings. The zero-order valence-electron chi connectivity index (χ0n) is 12.4. The van der Waals surface area contributed by atoms with Crippen molar-refractivity contribution in [2.45, 2.75) is 5.92 Å². The summed E-state index contributed by atoms with van der Waals surface area (Å²) in [6.45, 7) is 0. The van der Waals surface area contributed by atoms with Crippen LogP contribution in [0.5, 0.6) is 5.75 Å². The van der Waals surface area contributed by atoms with Gasteiger partial charge in [-0.25, -0.2) is 4.79 Å². The third-order valence-corrected chi connectivity index (χ3v) is 3.99. The number of nitriles is 1. The van der Waals surface area contributed by atoms with Gasteiger partial charge in [0.05, 0.1) is 11.5 Å². The highest BCUT2D eigenvalue weighted by Gasteiger charge is 2.33. The predicted molar refractivity (Wildman–Crippen MR) is 86.0 cm³/mol. The van der Waals surface area contributed by atoms with Crippen LogP contribution in [0.15, 0.2) is 69.5 Å². The van der Waals surface area contributed by atoms with Crippen LogP contribution in [0.3, 0.4) is 0 Å². The molecule has 3 aromatic rings. The van der Waals surface area contributed by atoms with Crippen LogP contribution < -0.4 is 16.1 Å². The fraction of sp³-hybridized carbons (Fsp3) is 0.0556. The lowest BCUT2D eigenvalue weighted by Gasteiger charge is -2.26. The van der Waals surface area contributed by atoms with Gasteiger partial charge in [-0.15, -0.1) is 0 Å². The van der Waals surface area contributed by atoms with Gasteiger partial charge in [-0.1, -0.05) is 6.07 Å². The molecule has 0 bridgehead atoms. The molecule has 1 aliphatic heterocycles. The highest BCUT2D eigenvalue weighted by Crippen LogP contribution is 2.44. The van der Waals surface area contributed by atoms with Gasteiger partial charge < -0.3 is 14.9 Å². The van der Waals surface area contributed by atoms with Crippen molar-refractivity contribution in [3.05, 3.63) is 81.8 Å². The molecule has 6 heteroatoms.